The molecule has 364 valence electrons. The summed E-state index contributed by atoms with van der Waals surface area (Å²) in [5, 5.41) is 18.4. The summed E-state index contributed by atoms with van der Waals surface area (Å²) in [5.74, 6) is -0.902. The molecule has 0 bridgehead atoms. The van der Waals surface area contributed by atoms with Crippen molar-refractivity contribution in [2.45, 2.75) is 283 Å². The number of rotatable bonds is 50. The Morgan fingerprint density at radius 2 is 0.705 bits per heavy atom. The first-order valence-corrected chi connectivity index (χ1v) is 27.5. The van der Waals surface area contributed by atoms with Crippen molar-refractivity contribution in [3.8, 4) is 0 Å². The number of hydrogen-bond acceptors (Lipinski definition) is 9. The van der Waals surface area contributed by atoms with Gasteiger partial charge in [0, 0.05) is 12.8 Å². The van der Waals surface area contributed by atoms with Gasteiger partial charge < -0.3 is 24.6 Å². The highest BCUT2D eigenvalue weighted by Crippen LogP contribution is 2.43. The number of esters is 2. The first-order valence-electron chi connectivity index (χ1n) is 26.0. The average molecular weight is 891 g/mol. The molecule has 0 aromatic rings. The van der Waals surface area contributed by atoms with Crippen molar-refractivity contribution in [1.82, 2.24) is 0 Å². The summed E-state index contributed by atoms with van der Waals surface area (Å²) < 4.78 is 32.9. The number of phosphoric ester groups is 1. The van der Waals surface area contributed by atoms with E-state index < -0.39 is 51.8 Å². The predicted molar refractivity (Wildman–Crippen MR) is 252 cm³/mol. The molecule has 0 aliphatic carbocycles. The van der Waals surface area contributed by atoms with Gasteiger partial charge in [0.05, 0.1) is 19.8 Å². The molecule has 0 aliphatic heterocycles. The minimum Gasteiger partial charge on any atom is -0.462 e. The van der Waals surface area contributed by atoms with Gasteiger partial charge in [0.25, 0.3) is 0 Å². The second-order valence-corrected chi connectivity index (χ2v) is 19.4. The molecule has 0 aromatic heterocycles. The molecule has 0 amide bonds. The number of ether oxygens (including phenoxy) is 2. The van der Waals surface area contributed by atoms with Gasteiger partial charge in [-0.2, -0.15) is 0 Å². The molecule has 3 N–H and O–H groups in total. The molecule has 3 atom stereocenters. The zero-order valence-electron chi connectivity index (χ0n) is 39.9. The number of aliphatic hydroxyl groups is 2. The fourth-order valence-electron chi connectivity index (χ4n) is 7.76. The molecule has 10 nitrogen and oxygen atoms in total. The smallest absolute Gasteiger partial charge is 0.462 e. The summed E-state index contributed by atoms with van der Waals surface area (Å²) in [6.07, 6.45) is 46.4. The highest BCUT2D eigenvalue weighted by Gasteiger charge is 2.27. The minimum absolute atomic E-state index is 0.193. The van der Waals surface area contributed by atoms with Gasteiger partial charge in [-0.3, -0.25) is 18.6 Å². The summed E-state index contributed by atoms with van der Waals surface area (Å²) in [7, 11) is -4.61. The molecule has 0 aromatic carbocycles. The Morgan fingerprint density at radius 3 is 1.02 bits per heavy atom. The maximum Gasteiger partial charge on any atom is 0.472 e. The van der Waals surface area contributed by atoms with Crippen molar-refractivity contribution in [3.05, 3.63) is 0 Å². The monoisotopic (exact) mass is 891 g/mol. The Bertz CT molecular complexity index is 982. The van der Waals surface area contributed by atoms with Crippen molar-refractivity contribution in [2.75, 3.05) is 26.4 Å². The predicted octanol–water partition coefficient (Wildman–Crippen LogP) is 14.6. The lowest BCUT2D eigenvalue weighted by molar-refractivity contribution is -0.161. The number of hydrogen-bond donors (Lipinski definition) is 3. The van der Waals surface area contributed by atoms with Gasteiger partial charge in [-0.05, 0) is 12.8 Å². The van der Waals surface area contributed by atoms with Crippen molar-refractivity contribution in [1.29, 1.82) is 0 Å². The topological polar surface area (TPSA) is 149 Å². The molecular weight excluding hydrogens is 792 g/mol. The van der Waals surface area contributed by atoms with Crippen LogP contribution in [0.3, 0.4) is 0 Å². The van der Waals surface area contributed by atoms with Gasteiger partial charge in [0.2, 0.25) is 0 Å². The lowest BCUT2D eigenvalue weighted by Gasteiger charge is -2.20. The summed E-state index contributed by atoms with van der Waals surface area (Å²) in [6.45, 7) is 2.46. The summed E-state index contributed by atoms with van der Waals surface area (Å²) in [4.78, 5) is 35.2. The molecule has 0 fully saturated rings. The van der Waals surface area contributed by atoms with Crippen LogP contribution in [-0.4, -0.2) is 65.7 Å². The van der Waals surface area contributed by atoms with E-state index in [-0.39, 0.29) is 19.4 Å². The van der Waals surface area contributed by atoms with Crippen molar-refractivity contribution in [3.63, 3.8) is 0 Å². The van der Waals surface area contributed by atoms with E-state index >= 15 is 0 Å². The van der Waals surface area contributed by atoms with Crippen LogP contribution in [0.4, 0.5) is 0 Å². The maximum atomic E-state index is 12.7. The molecular formula is C50H99O10P. The van der Waals surface area contributed by atoms with E-state index in [1.807, 2.05) is 0 Å². The number of carbonyl (C=O) groups excluding carboxylic acids is 2. The van der Waals surface area contributed by atoms with E-state index in [9.17, 15) is 24.2 Å². The van der Waals surface area contributed by atoms with Gasteiger partial charge >= 0.3 is 19.8 Å². The molecule has 0 rings (SSSR count). The number of carbonyl (C=O) groups is 2. The standard InChI is InChI=1S/C50H99O10P/c1-3-5-7-9-11-13-15-17-19-21-22-23-24-26-28-30-32-34-36-38-40-42-50(54)60-48(46-59-61(55,56)58-44-47(52)43-51)45-57-49(53)41-39-37-35-33-31-29-27-25-20-18-16-14-12-10-8-6-4-2/h47-48,51-52H,3-46H2,1-2H3,(H,55,56). The average Bonchev–Trinajstić information content (AvgIpc) is 3.25. The van der Waals surface area contributed by atoms with Crippen LogP contribution in [0.5, 0.6) is 0 Å². The first-order chi connectivity index (χ1) is 29.7. The van der Waals surface area contributed by atoms with Crippen molar-refractivity contribution < 1.29 is 47.8 Å². The molecule has 11 heteroatoms. The summed E-state index contributed by atoms with van der Waals surface area (Å²) in [5.41, 5.74) is 0. The van der Waals surface area contributed by atoms with E-state index in [1.165, 1.54) is 199 Å². The fraction of sp³-hybridized carbons (Fsp3) is 0.960. The maximum absolute atomic E-state index is 12.7. The Labute approximate surface area is 375 Å². The van der Waals surface area contributed by atoms with Crippen LogP contribution in [0.25, 0.3) is 0 Å². The van der Waals surface area contributed by atoms with Crippen molar-refractivity contribution in [2.24, 2.45) is 0 Å². The molecule has 0 saturated carbocycles. The molecule has 3 unspecified atom stereocenters. The second kappa shape index (κ2) is 46.9. The van der Waals surface area contributed by atoms with Crippen LogP contribution >= 0.6 is 7.82 Å². The van der Waals surface area contributed by atoms with E-state index in [2.05, 4.69) is 13.8 Å². The normalized spacial score (nSPS) is 13.6. The van der Waals surface area contributed by atoms with E-state index in [4.69, 9.17) is 23.6 Å². The Hall–Kier alpha value is -1.03. The van der Waals surface area contributed by atoms with Crippen LogP contribution in [0, 0.1) is 0 Å². The molecule has 0 radical (unpaired) electrons. The highest BCUT2D eigenvalue weighted by atomic mass is 31.2. The summed E-state index contributed by atoms with van der Waals surface area (Å²) >= 11 is 0. The van der Waals surface area contributed by atoms with Crippen LogP contribution in [0.1, 0.15) is 271 Å². The highest BCUT2D eigenvalue weighted by molar-refractivity contribution is 7.47. The third kappa shape index (κ3) is 46.8. The SMILES string of the molecule is CCCCCCCCCCCCCCCCCCCCCCCC(=O)OC(COC(=O)CCCCCCCCCCCCCCCCCCC)COP(=O)(O)OCC(O)CO. The van der Waals surface area contributed by atoms with Crippen LogP contribution < -0.4 is 0 Å². The van der Waals surface area contributed by atoms with Crippen LogP contribution in [-0.2, 0) is 32.7 Å². The number of phosphoric acid groups is 1. The number of unbranched alkanes of at least 4 members (excludes halogenated alkanes) is 36. The van der Waals surface area contributed by atoms with Crippen molar-refractivity contribution >= 4 is 19.8 Å². The first kappa shape index (κ1) is 60.0. The van der Waals surface area contributed by atoms with Gasteiger partial charge in [0.1, 0.15) is 12.7 Å². The Kier molecular flexibility index (Phi) is 46.2. The molecule has 0 heterocycles. The quantitative estimate of drug-likeness (QED) is 0.0306. The lowest BCUT2D eigenvalue weighted by Crippen LogP contribution is -2.29. The Morgan fingerprint density at radius 1 is 0.426 bits per heavy atom. The van der Waals surface area contributed by atoms with Crippen LogP contribution in [0.15, 0.2) is 0 Å². The second-order valence-electron chi connectivity index (χ2n) is 17.9. The molecule has 0 spiro atoms. The molecule has 61 heavy (non-hydrogen) atoms. The van der Waals surface area contributed by atoms with E-state index in [1.54, 1.807) is 0 Å². The minimum atomic E-state index is -4.61. The fourth-order valence-corrected chi connectivity index (χ4v) is 8.55. The Balaban J connectivity index is 4.11. The zero-order chi connectivity index (χ0) is 44.8. The molecule has 0 saturated heterocycles. The van der Waals surface area contributed by atoms with Gasteiger partial charge in [-0.1, -0.05) is 245 Å². The zero-order valence-corrected chi connectivity index (χ0v) is 40.8. The molecule has 0 aliphatic rings. The largest absolute Gasteiger partial charge is 0.472 e. The third-order valence-corrected chi connectivity index (χ3v) is 12.7. The number of aliphatic hydroxyl groups excluding tert-OH is 2. The third-order valence-electron chi connectivity index (χ3n) is 11.8. The van der Waals surface area contributed by atoms with Gasteiger partial charge in [-0.15, -0.1) is 0 Å². The van der Waals surface area contributed by atoms with Gasteiger partial charge in [-0.25, -0.2) is 4.57 Å². The van der Waals surface area contributed by atoms with Gasteiger partial charge in [0.15, 0.2) is 6.10 Å². The van der Waals surface area contributed by atoms with E-state index in [0.717, 1.165) is 32.1 Å². The van der Waals surface area contributed by atoms with Crippen LogP contribution in [0.2, 0.25) is 0 Å². The lowest BCUT2D eigenvalue weighted by atomic mass is 10.0. The summed E-state index contributed by atoms with van der Waals surface area (Å²) in [6, 6.07) is 0. The van der Waals surface area contributed by atoms with E-state index in [0.29, 0.717) is 12.8 Å².